The first-order valence-corrected chi connectivity index (χ1v) is 7.80. The molecule has 1 aromatic heterocycles. The number of benzene rings is 1. The SMILES string of the molecule is CCc1nn(CC)c(CC(=O)Cc2ccc(Cl)cc2)c1Cl. The Bertz CT molecular complexity index is 632. The lowest BCUT2D eigenvalue weighted by molar-refractivity contribution is -0.117. The summed E-state index contributed by atoms with van der Waals surface area (Å²) >= 11 is 12.2. The minimum Gasteiger partial charge on any atom is -0.299 e. The molecule has 2 rings (SSSR count). The first-order valence-electron chi connectivity index (χ1n) is 7.05. The highest BCUT2D eigenvalue weighted by molar-refractivity contribution is 6.32. The number of nitrogens with zero attached hydrogens (tertiary/aromatic N) is 2. The largest absolute Gasteiger partial charge is 0.299 e. The number of Topliss-reactive ketones (excluding diaryl/α,β-unsaturated/α-hetero) is 1. The van der Waals surface area contributed by atoms with Gasteiger partial charge in [0.05, 0.1) is 22.8 Å². The molecule has 0 atom stereocenters. The zero-order valence-electron chi connectivity index (χ0n) is 12.2. The Hall–Kier alpha value is -1.32. The molecule has 0 amide bonds. The predicted octanol–water partition coefficient (Wildman–Crippen LogP) is 4.13. The Morgan fingerprint density at radius 3 is 2.38 bits per heavy atom. The Labute approximate surface area is 134 Å². The molecule has 0 aliphatic heterocycles. The van der Waals surface area contributed by atoms with Gasteiger partial charge in [0, 0.05) is 18.0 Å². The van der Waals surface area contributed by atoms with E-state index in [1.807, 2.05) is 30.7 Å². The van der Waals surface area contributed by atoms with Crippen LogP contribution in [0.4, 0.5) is 0 Å². The molecule has 0 aliphatic rings. The highest BCUT2D eigenvalue weighted by Gasteiger charge is 2.17. The highest BCUT2D eigenvalue weighted by atomic mass is 35.5. The fraction of sp³-hybridized carbons (Fsp3) is 0.375. The van der Waals surface area contributed by atoms with Crippen molar-refractivity contribution in [1.82, 2.24) is 9.78 Å². The van der Waals surface area contributed by atoms with Gasteiger partial charge in [-0.2, -0.15) is 5.10 Å². The molecule has 112 valence electrons. The lowest BCUT2D eigenvalue weighted by Gasteiger charge is -2.05. The second-order valence-electron chi connectivity index (χ2n) is 4.90. The maximum absolute atomic E-state index is 12.3. The molecule has 1 aromatic carbocycles. The number of carbonyl (C=O) groups excluding carboxylic acids is 1. The molecule has 2 aromatic rings. The van der Waals surface area contributed by atoms with E-state index in [1.54, 1.807) is 12.1 Å². The van der Waals surface area contributed by atoms with Crippen molar-refractivity contribution >= 4 is 29.0 Å². The second kappa shape index (κ2) is 7.10. The van der Waals surface area contributed by atoms with E-state index in [2.05, 4.69) is 5.10 Å². The third-order valence-electron chi connectivity index (χ3n) is 3.37. The molecule has 0 N–H and O–H groups in total. The number of hydrogen-bond donors (Lipinski definition) is 0. The van der Waals surface area contributed by atoms with Crippen molar-refractivity contribution in [3.05, 3.63) is 51.3 Å². The smallest absolute Gasteiger partial charge is 0.143 e. The first kappa shape index (κ1) is 16.1. The van der Waals surface area contributed by atoms with E-state index >= 15 is 0 Å². The molecular formula is C16H18Cl2N2O. The molecule has 0 bridgehead atoms. The monoisotopic (exact) mass is 324 g/mol. The molecule has 5 heteroatoms. The molecule has 0 fully saturated rings. The highest BCUT2D eigenvalue weighted by Crippen LogP contribution is 2.22. The fourth-order valence-corrected chi connectivity index (χ4v) is 2.73. The van der Waals surface area contributed by atoms with E-state index in [0.29, 0.717) is 29.4 Å². The van der Waals surface area contributed by atoms with Crippen LogP contribution in [0.2, 0.25) is 10.0 Å². The normalized spacial score (nSPS) is 10.9. The van der Waals surface area contributed by atoms with Gasteiger partial charge in [-0.25, -0.2) is 0 Å². The van der Waals surface area contributed by atoms with E-state index < -0.39 is 0 Å². The maximum Gasteiger partial charge on any atom is 0.143 e. The summed E-state index contributed by atoms with van der Waals surface area (Å²) in [5.74, 6) is 0.122. The van der Waals surface area contributed by atoms with E-state index in [1.165, 1.54) is 0 Å². The number of hydrogen-bond acceptors (Lipinski definition) is 2. The van der Waals surface area contributed by atoms with Crippen molar-refractivity contribution in [2.45, 2.75) is 39.7 Å². The Kier molecular flexibility index (Phi) is 5.43. The van der Waals surface area contributed by atoms with Gasteiger partial charge in [0.1, 0.15) is 5.78 Å². The zero-order valence-corrected chi connectivity index (χ0v) is 13.7. The summed E-state index contributed by atoms with van der Waals surface area (Å²) in [5.41, 5.74) is 2.63. The number of ketones is 1. The molecule has 21 heavy (non-hydrogen) atoms. The molecule has 0 spiro atoms. The third-order valence-corrected chi connectivity index (χ3v) is 4.06. The number of aryl methyl sites for hydroxylation is 2. The van der Waals surface area contributed by atoms with E-state index in [4.69, 9.17) is 23.2 Å². The van der Waals surface area contributed by atoms with Crippen LogP contribution < -0.4 is 0 Å². The van der Waals surface area contributed by atoms with E-state index in [0.717, 1.165) is 23.4 Å². The van der Waals surface area contributed by atoms with E-state index in [-0.39, 0.29) is 5.78 Å². The quantitative estimate of drug-likeness (QED) is 0.800. The van der Waals surface area contributed by atoms with Gasteiger partial charge in [0.15, 0.2) is 0 Å². The number of halogens is 2. The molecular weight excluding hydrogens is 307 g/mol. The molecule has 0 saturated carbocycles. The number of rotatable bonds is 6. The maximum atomic E-state index is 12.3. The molecule has 0 saturated heterocycles. The summed E-state index contributed by atoms with van der Waals surface area (Å²) < 4.78 is 1.82. The van der Waals surface area contributed by atoms with Crippen LogP contribution in [0.3, 0.4) is 0 Å². The lowest BCUT2D eigenvalue weighted by atomic mass is 10.1. The average molecular weight is 325 g/mol. The lowest BCUT2D eigenvalue weighted by Crippen LogP contribution is -2.11. The molecule has 0 radical (unpaired) electrons. The average Bonchev–Trinajstić information content (AvgIpc) is 2.77. The molecule has 1 heterocycles. The van der Waals surface area contributed by atoms with Crippen LogP contribution >= 0.6 is 23.2 Å². The summed E-state index contributed by atoms with van der Waals surface area (Å²) in [7, 11) is 0. The minimum absolute atomic E-state index is 0.122. The summed E-state index contributed by atoms with van der Waals surface area (Å²) in [6, 6.07) is 7.33. The second-order valence-corrected chi connectivity index (χ2v) is 5.71. The van der Waals surface area contributed by atoms with Crippen molar-refractivity contribution < 1.29 is 4.79 Å². The topological polar surface area (TPSA) is 34.9 Å². The molecule has 0 unspecified atom stereocenters. The van der Waals surface area contributed by atoms with Gasteiger partial charge in [-0.15, -0.1) is 0 Å². The standard InChI is InChI=1S/C16H18Cl2N2O/c1-3-14-16(18)15(20(4-2)19-14)10-13(21)9-11-5-7-12(17)8-6-11/h5-8H,3-4,9-10H2,1-2H3. The number of carbonyl (C=O) groups is 1. The van der Waals surface area contributed by atoms with Crippen molar-refractivity contribution in [3.8, 4) is 0 Å². The van der Waals surface area contributed by atoms with Gasteiger partial charge >= 0.3 is 0 Å². The van der Waals surface area contributed by atoms with Crippen molar-refractivity contribution in [2.75, 3.05) is 0 Å². The summed E-state index contributed by atoms with van der Waals surface area (Å²) in [6.07, 6.45) is 1.45. The Balaban J connectivity index is 2.12. The van der Waals surface area contributed by atoms with Crippen molar-refractivity contribution in [3.63, 3.8) is 0 Å². The number of aromatic nitrogens is 2. The summed E-state index contributed by atoms with van der Waals surface area (Å²) in [4.78, 5) is 12.3. The van der Waals surface area contributed by atoms with Crippen LogP contribution in [0.1, 0.15) is 30.8 Å². The predicted molar refractivity (Wildman–Crippen MR) is 86.2 cm³/mol. The van der Waals surface area contributed by atoms with Crippen LogP contribution in [-0.2, 0) is 30.6 Å². The fourth-order valence-electron chi connectivity index (χ4n) is 2.27. The van der Waals surface area contributed by atoms with Gasteiger partial charge in [-0.05, 0) is 31.0 Å². The Morgan fingerprint density at radius 1 is 1.14 bits per heavy atom. The van der Waals surface area contributed by atoms with E-state index in [9.17, 15) is 4.79 Å². The van der Waals surface area contributed by atoms with Crippen LogP contribution in [0.25, 0.3) is 0 Å². The minimum atomic E-state index is 0.122. The van der Waals surface area contributed by atoms with Gasteiger partial charge in [-0.1, -0.05) is 42.3 Å². The third kappa shape index (κ3) is 3.86. The van der Waals surface area contributed by atoms with Crippen LogP contribution in [0, 0.1) is 0 Å². The first-order chi connectivity index (χ1) is 10.0. The van der Waals surface area contributed by atoms with Gasteiger partial charge in [0.2, 0.25) is 0 Å². The summed E-state index contributed by atoms with van der Waals surface area (Å²) in [6.45, 7) is 4.72. The summed E-state index contributed by atoms with van der Waals surface area (Å²) in [5, 5.41) is 5.73. The van der Waals surface area contributed by atoms with Gasteiger partial charge < -0.3 is 0 Å². The van der Waals surface area contributed by atoms with Crippen molar-refractivity contribution in [2.24, 2.45) is 0 Å². The van der Waals surface area contributed by atoms with Crippen molar-refractivity contribution in [1.29, 1.82) is 0 Å². The Morgan fingerprint density at radius 2 is 1.81 bits per heavy atom. The molecule has 0 aliphatic carbocycles. The zero-order chi connectivity index (χ0) is 15.4. The van der Waals surface area contributed by atoms with Gasteiger partial charge in [0.25, 0.3) is 0 Å². The molecule has 3 nitrogen and oxygen atoms in total. The van der Waals surface area contributed by atoms with Crippen LogP contribution in [0.5, 0.6) is 0 Å². The van der Waals surface area contributed by atoms with Gasteiger partial charge in [-0.3, -0.25) is 9.48 Å². The van der Waals surface area contributed by atoms with Crippen LogP contribution in [0.15, 0.2) is 24.3 Å². The van der Waals surface area contributed by atoms with Crippen LogP contribution in [-0.4, -0.2) is 15.6 Å².